The normalized spacial score (nSPS) is 8.90. The first-order valence-electron chi connectivity index (χ1n) is 2.52. The molecule has 0 saturated heterocycles. The van der Waals surface area contributed by atoms with Crippen LogP contribution in [0.15, 0.2) is 12.3 Å². The van der Waals surface area contributed by atoms with E-state index in [4.69, 9.17) is 29.6 Å². The molecule has 0 fully saturated rings. The van der Waals surface area contributed by atoms with E-state index in [0.29, 0.717) is 10.6 Å². The molecule has 0 atom stereocenters. The summed E-state index contributed by atoms with van der Waals surface area (Å²) < 4.78 is 0. The van der Waals surface area contributed by atoms with Gasteiger partial charge in [0.15, 0.2) is 0 Å². The smallest absolute Gasteiger partial charge is 0.146 e. The predicted molar refractivity (Wildman–Crippen MR) is 42.2 cm³/mol. The third kappa shape index (κ3) is 1.23. The van der Waals surface area contributed by atoms with E-state index in [9.17, 15) is 0 Å². The van der Waals surface area contributed by atoms with Crippen molar-refractivity contribution in [3.63, 3.8) is 0 Å². The summed E-state index contributed by atoms with van der Waals surface area (Å²) in [5.74, 6) is 2.34. The summed E-state index contributed by atoms with van der Waals surface area (Å²) in [6, 6.07) is 1.60. The number of hydrogen-bond donors (Lipinski definition) is 0. The molecule has 0 N–H and O–H groups in total. The lowest BCUT2D eigenvalue weighted by molar-refractivity contribution is 1.31. The van der Waals surface area contributed by atoms with E-state index in [1.807, 2.05) is 0 Å². The molecule has 0 unspecified atom stereocenters. The van der Waals surface area contributed by atoms with Crippen LogP contribution < -0.4 is 0 Å². The van der Waals surface area contributed by atoms with Crippen molar-refractivity contribution in [3.05, 3.63) is 28.0 Å². The Morgan fingerprint density at radius 2 is 2.20 bits per heavy atom. The minimum absolute atomic E-state index is 0.273. The van der Waals surface area contributed by atoms with Crippen molar-refractivity contribution in [2.75, 3.05) is 0 Å². The molecule has 0 spiro atoms. The summed E-state index contributed by atoms with van der Waals surface area (Å²) in [6.45, 7) is 0. The van der Waals surface area contributed by atoms with Gasteiger partial charge >= 0.3 is 0 Å². The minimum atomic E-state index is 0.273. The number of aromatic nitrogens is 1. The first kappa shape index (κ1) is 7.40. The van der Waals surface area contributed by atoms with Gasteiger partial charge in [-0.25, -0.2) is 4.98 Å². The second kappa shape index (κ2) is 2.92. The summed E-state index contributed by atoms with van der Waals surface area (Å²) in [6.07, 6.45) is 6.60. The van der Waals surface area contributed by atoms with Crippen molar-refractivity contribution in [3.8, 4) is 12.3 Å². The van der Waals surface area contributed by atoms with Gasteiger partial charge in [0.1, 0.15) is 5.15 Å². The Balaban J connectivity index is 3.34. The van der Waals surface area contributed by atoms with Gasteiger partial charge in [0.2, 0.25) is 0 Å². The number of rotatable bonds is 0. The first-order chi connectivity index (χ1) is 4.75. The van der Waals surface area contributed by atoms with E-state index in [0.717, 1.165) is 0 Å². The lowest BCUT2D eigenvalue weighted by Gasteiger charge is -1.95. The van der Waals surface area contributed by atoms with Gasteiger partial charge in [-0.1, -0.05) is 29.1 Å². The number of pyridine rings is 1. The van der Waals surface area contributed by atoms with Gasteiger partial charge in [-0.3, -0.25) is 0 Å². The Morgan fingerprint density at radius 1 is 1.50 bits per heavy atom. The first-order valence-corrected chi connectivity index (χ1v) is 3.28. The molecule has 50 valence electrons. The van der Waals surface area contributed by atoms with Crippen LogP contribution in [0, 0.1) is 12.3 Å². The van der Waals surface area contributed by atoms with Crippen LogP contribution in [0.1, 0.15) is 5.56 Å². The van der Waals surface area contributed by atoms with Crippen molar-refractivity contribution >= 4 is 23.2 Å². The molecule has 1 heterocycles. The van der Waals surface area contributed by atoms with E-state index >= 15 is 0 Å². The summed E-state index contributed by atoms with van der Waals surface area (Å²) in [4.78, 5) is 3.75. The quantitative estimate of drug-likeness (QED) is 0.432. The molecule has 1 aromatic heterocycles. The van der Waals surface area contributed by atoms with Crippen LogP contribution in [-0.2, 0) is 0 Å². The molecule has 1 nitrogen and oxygen atoms in total. The summed E-state index contributed by atoms with van der Waals surface area (Å²) in [7, 11) is 0. The Bertz CT molecular complexity index is 268. The van der Waals surface area contributed by atoms with Gasteiger partial charge < -0.3 is 0 Å². The molecule has 1 aromatic rings. The molecule has 0 radical (unpaired) electrons. The highest BCUT2D eigenvalue weighted by molar-refractivity contribution is 6.35. The van der Waals surface area contributed by atoms with Crippen LogP contribution >= 0.6 is 23.2 Å². The third-order valence-corrected chi connectivity index (χ3v) is 1.60. The number of nitrogens with zero attached hydrogens (tertiary/aromatic N) is 1. The maximum atomic E-state index is 5.66. The standard InChI is InChI=1S/C7H3Cl2N/c1-2-5-6(8)3-4-10-7(5)9/h1,3-4H. The largest absolute Gasteiger partial charge is 0.243 e. The number of terminal acetylenes is 1. The van der Waals surface area contributed by atoms with Crippen molar-refractivity contribution in [1.82, 2.24) is 4.98 Å². The highest BCUT2D eigenvalue weighted by Gasteiger charge is 2.01. The molecule has 3 heteroatoms. The fourth-order valence-electron chi connectivity index (χ4n) is 0.543. The SMILES string of the molecule is C#Cc1c(Cl)ccnc1Cl. The molecule has 0 amide bonds. The van der Waals surface area contributed by atoms with Crippen molar-refractivity contribution < 1.29 is 0 Å². The zero-order valence-corrected chi connectivity index (χ0v) is 6.45. The average Bonchev–Trinajstić information content (AvgIpc) is 1.88. The van der Waals surface area contributed by atoms with Gasteiger partial charge in [-0.2, -0.15) is 0 Å². The number of hydrogen-bond acceptors (Lipinski definition) is 1. The molecule has 0 saturated carbocycles. The average molecular weight is 172 g/mol. The molecular weight excluding hydrogens is 169 g/mol. The fourth-order valence-corrected chi connectivity index (χ4v) is 1.00. The Labute approximate surface area is 69.0 Å². The van der Waals surface area contributed by atoms with E-state index in [2.05, 4.69) is 10.9 Å². The van der Waals surface area contributed by atoms with Crippen LogP contribution in [-0.4, -0.2) is 4.98 Å². The molecule has 10 heavy (non-hydrogen) atoms. The van der Waals surface area contributed by atoms with E-state index in [1.54, 1.807) is 6.07 Å². The Kier molecular flexibility index (Phi) is 2.16. The minimum Gasteiger partial charge on any atom is -0.243 e. The maximum absolute atomic E-state index is 5.66. The van der Waals surface area contributed by atoms with Crippen LogP contribution in [0.5, 0.6) is 0 Å². The summed E-state index contributed by atoms with van der Waals surface area (Å²) >= 11 is 11.3. The molecule has 0 aliphatic carbocycles. The van der Waals surface area contributed by atoms with E-state index < -0.39 is 0 Å². The summed E-state index contributed by atoms with van der Waals surface area (Å²) in [5, 5.41) is 0.734. The molecule has 0 aliphatic rings. The molecule has 0 bridgehead atoms. The van der Waals surface area contributed by atoms with E-state index in [-0.39, 0.29) is 5.15 Å². The highest BCUT2D eigenvalue weighted by Crippen LogP contribution is 2.19. The zero-order valence-electron chi connectivity index (χ0n) is 4.94. The Hall–Kier alpha value is -0.710. The van der Waals surface area contributed by atoms with Gasteiger partial charge in [-0.15, -0.1) is 6.42 Å². The number of halogens is 2. The van der Waals surface area contributed by atoms with Gasteiger partial charge in [0.25, 0.3) is 0 Å². The topological polar surface area (TPSA) is 12.9 Å². The van der Waals surface area contributed by atoms with Crippen molar-refractivity contribution in [1.29, 1.82) is 0 Å². The Morgan fingerprint density at radius 3 is 2.60 bits per heavy atom. The van der Waals surface area contributed by atoms with Gasteiger partial charge in [0.05, 0.1) is 10.6 Å². The van der Waals surface area contributed by atoms with Crippen LogP contribution in [0.2, 0.25) is 10.2 Å². The van der Waals surface area contributed by atoms with Gasteiger partial charge in [0, 0.05) is 6.20 Å². The van der Waals surface area contributed by atoms with Crippen molar-refractivity contribution in [2.45, 2.75) is 0 Å². The van der Waals surface area contributed by atoms with Crippen LogP contribution in [0.3, 0.4) is 0 Å². The van der Waals surface area contributed by atoms with Crippen LogP contribution in [0.25, 0.3) is 0 Å². The van der Waals surface area contributed by atoms with Crippen molar-refractivity contribution in [2.24, 2.45) is 0 Å². The zero-order chi connectivity index (χ0) is 7.56. The third-order valence-electron chi connectivity index (χ3n) is 0.998. The maximum Gasteiger partial charge on any atom is 0.146 e. The highest BCUT2D eigenvalue weighted by atomic mass is 35.5. The molecule has 1 rings (SSSR count). The molecule has 0 aliphatic heterocycles. The lowest BCUT2D eigenvalue weighted by atomic mass is 10.3. The summed E-state index contributed by atoms with van der Waals surface area (Å²) in [5.41, 5.74) is 0.450. The fraction of sp³-hybridized carbons (Fsp3) is 0. The second-order valence-electron chi connectivity index (χ2n) is 1.60. The van der Waals surface area contributed by atoms with Crippen LogP contribution in [0.4, 0.5) is 0 Å². The lowest BCUT2D eigenvalue weighted by Crippen LogP contribution is -1.81. The second-order valence-corrected chi connectivity index (χ2v) is 2.37. The van der Waals surface area contributed by atoms with E-state index in [1.165, 1.54) is 6.20 Å². The van der Waals surface area contributed by atoms with Gasteiger partial charge in [-0.05, 0) is 6.07 Å². The molecule has 0 aromatic carbocycles. The predicted octanol–water partition coefficient (Wildman–Crippen LogP) is 2.37. The monoisotopic (exact) mass is 171 g/mol. The molecular formula is C7H3Cl2N.